The zero-order valence-electron chi connectivity index (χ0n) is 11.0. The molecule has 2 rings (SSSR count). The van der Waals surface area contributed by atoms with Gasteiger partial charge < -0.3 is 10.6 Å². The van der Waals surface area contributed by atoms with Crippen LogP contribution in [0.1, 0.15) is 25.3 Å². The van der Waals surface area contributed by atoms with Crippen molar-refractivity contribution in [1.29, 1.82) is 0 Å². The van der Waals surface area contributed by atoms with E-state index in [1.54, 1.807) is 0 Å². The zero-order chi connectivity index (χ0) is 13.0. The van der Waals surface area contributed by atoms with E-state index in [-0.39, 0.29) is 5.91 Å². The second kappa shape index (κ2) is 6.14. The van der Waals surface area contributed by atoms with Gasteiger partial charge >= 0.3 is 0 Å². The van der Waals surface area contributed by atoms with Crippen LogP contribution in [0.5, 0.6) is 0 Å². The number of hydrogen-bond acceptors (Lipinski definition) is 3. The lowest BCUT2D eigenvalue weighted by Gasteiger charge is -2.24. The number of anilines is 2. The number of rotatable bonds is 3. The van der Waals surface area contributed by atoms with Gasteiger partial charge in [0, 0.05) is 30.1 Å². The Morgan fingerprint density at radius 1 is 1.44 bits per heavy atom. The fourth-order valence-electron chi connectivity index (χ4n) is 2.13. The molecule has 0 spiro atoms. The Bertz CT molecular complexity index is 428. The van der Waals surface area contributed by atoms with Crippen molar-refractivity contribution in [3.8, 4) is 0 Å². The molecule has 0 aromatic heterocycles. The van der Waals surface area contributed by atoms with Gasteiger partial charge in [0.15, 0.2) is 0 Å². The summed E-state index contributed by atoms with van der Waals surface area (Å²) in [5, 5.41) is 6.42. The van der Waals surface area contributed by atoms with E-state index in [2.05, 4.69) is 17.6 Å². The third kappa shape index (κ3) is 3.67. The molecule has 1 fully saturated rings. The molecular weight excluding hydrogens is 244 g/mol. The molecule has 0 radical (unpaired) electrons. The van der Waals surface area contributed by atoms with Crippen LogP contribution in [0, 0.1) is 6.92 Å². The standard InChI is InChI=1S/C14H20N2OS/c1-10-5-6-12(15-11(2)17)8-14(10)16-13-4-3-7-18-9-13/h5-6,8,13,16H,3-4,7,9H2,1-2H3,(H,15,17). The average molecular weight is 264 g/mol. The Morgan fingerprint density at radius 3 is 2.94 bits per heavy atom. The average Bonchev–Trinajstić information content (AvgIpc) is 2.34. The summed E-state index contributed by atoms with van der Waals surface area (Å²) in [6.45, 7) is 3.63. The SMILES string of the molecule is CC(=O)Nc1ccc(C)c(NC2CCCSC2)c1. The number of nitrogens with one attached hydrogen (secondary N) is 2. The molecule has 4 heteroatoms. The van der Waals surface area contributed by atoms with E-state index in [1.165, 1.54) is 36.8 Å². The van der Waals surface area contributed by atoms with Crippen molar-refractivity contribution in [1.82, 2.24) is 0 Å². The van der Waals surface area contributed by atoms with Crippen molar-refractivity contribution in [3.05, 3.63) is 23.8 Å². The summed E-state index contributed by atoms with van der Waals surface area (Å²) in [7, 11) is 0. The van der Waals surface area contributed by atoms with Gasteiger partial charge in [-0.3, -0.25) is 4.79 Å². The van der Waals surface area contributed by atoms with Crippen LogP contribution in [-0.4, -0.2) is 23.5 Å². The lowest BCUT2D eigenvalue weighted by Crippen LogP contribution is -2.26. The molecule has 1 heterocycles. The predicted molar refractivity (Wildman–Crippen MR) is 79.5 cm³/mol. The molecule has 1 aliphatic rings. The predicted octanol–water partition coefficient (Wildman–Crippen LogP) is 3.26. The molecule has 1 aromatic rings. The molecule has 0 saturated carbocycles. The second-order valence-corrected chi connectivity index (χ2v) is 5.92. The Hall–Kier alpha value is -1.16. The summed E-state index contributed by atoms with van der Waals surface area (Å²) >= 11 is 2.01. The largest absolute Gasteiger partial charge is 0.381 e. The third-order valence-electron chi connectivity index (χ3n) is 3.08. The number of carbonyl (C=O) groups is 1. The van der Waals surface area contributed by atoms with Gasteiger partial charge in [0.2, 0.25) is 5.91 Å². The van der Waals surface area contributed by atoms with E-state index in [0.717, 1.165) is 11.4 Å². The molecule has 2 N–H and O–H groups in total. The first kappa shape index (κ1) is 13.3. The number of hydrogen-bond donors (Lipinski definition) is 2. The van der Waals surface area contributed by atoms with Crippen LogP contribution in [0.25, 0.3) is 0 Å². The highest BCUT2D eigenvalue weighted by Gasteiger charge is 2.14. The number of carbonyl (C=O) groups excluding carboxylic acids is 1. The molecular formula is C14H20N2OS. The van der Waals surface area contributed by atoms with Crippen LogP contribution >= 0.6 is 11.8 Å². The summed E-state index contributed by atoms with van der Waals surface area (Å²) in [6, 6.07) is 6.56. The van der Waals surface area contributed by atoms with Crippen LogP contribution in [0.15, 0.2) is 18.2 Å². The maximum absolute atomic E-state index is 11.1. The minimum absolute atomic E-state index is 0.0296. The van der Waals surface area contributed by atoms with Crippen LogP contribution in [0.2, 0.25) is 0 Å². The van der Waals surface area contributed by atoms with Gasteiger partial charge in [-0.05, 0) is 43.2 Å². The first-order chi connectivity index (χ1) is 8.65. The summed E-state index contributed by atoms with van der Waals surface area (Å²) in [6.07, 6.45) is 2.52. The van der Waals surface area contributed by atoms with Crippen LogP contribution < -0.4 is 10.6 Å². The Balaban J connectivity index is 2.07. The molecule has 1 amide bonds. The molecule has 1 aromatic carbocycles. The quantitative estimate of drug-likeness (QED) is 0.880. The van der Waals surface area contributed by atoms with Crippen molar-refractivity contribution in [3.63, 3.8) is 0 Å². The van der Waals surface area contributed by atoms with Gasteiger partial charge in [-0.25, -0.2) is 0 Å². The van der Waals surface area contributed by atoms with Crippen molar-refractivity contribution >= 4 is 29.0 Å². The minimum atomic E-state index is -0.0296. The summed E-state index contributed by atoms with van der Waals surface area (Å²) in [5.41, 5.74) is 3.22. The normalized spacial score (nSPS) is 19.3. The fraction of sp³-hybridized carbons (Fsp3) is 0.500. The Labute approximate surface area is 113 Å². The number of thioether (sulfide) groups is 1. The molecule has 3 nitrogen and oxygen atoms in total. The zero-order valence-corrected chi connectivity index (χ0v) is 11.8. The van der Waals surface area contributed by atoms with E-state index < -0.39 is 0 Å². The van der Waals surface area contributed by atoms with Gasteiger partial charge in [0.05, 0.1) is 0 Å². The Kier molecular flexibility index (Phi) is 4.53. The lowest BCUT2D eigenvalue weighted by molar-refractivity contribution is -0.114. The van der Waals surface area contributed by atoms with E-state index in [1.807, 2.05) is 30.0 Å². The summed E-state index contributed by atoms with van der Waals surface area (Å²) in [5.74, 6) is 2.42. The van der Waals surface area contributed by atoms with Crippen LogP contribution in [0.3, 0.4) is 0 Å². The van der Waals surface area contributed by atoms with Crippen LogP contribution in [-0.2, 0) is 4.79 Å². The van der Waals surface area contributed by atoms with Gasteiger partial charge in [-0.2, -0.15) is 11.8 Å². The molecule has 0 bridgehead atoms. The van der Waals surface area contributed by atoms with Gasteiger partial charge in [0.1, 0.15) is 0 Å². The highest BCUT2D eigenvalue weighted by molar-refractivity contribution is 7.99. The molecule has 1 unspecified atom stereocenters. The second-order valence-electron chi connectivity index (χ2n) is 4.77. The highest BCUT2D eigenvalue weighted by atomic mass is 32.2. The number of amides is 1. The third-order valence-corrected chi connectivity index (χ3v) is 4.29. The lowest BCUT2D eigenvalue weighted by atomic mass is 10.1. The maximum atomic E-state index is 11.1. The molecule has 1 aliphatic heterocycles. The molecule has 1 saturated heterocycles. The molecule has 18 heavy (non-hydrogen) atoms. The van der Waals surface area contributed by atoms with Crippen LogP contribution in [0.4, 0.5) is 11.4 Å². The molecule has 98 valence electrons. The monoisotopic (exact) mass is 264 g/mol. The minimum Gasteiger partial charge on any atom is -0.381 e. The first-order valence-corrected chi connectivity index (χ1v) is 7.53. The summed E-state index contributed by atoms with van der Waals surface area (Å²) < 4.78 is 0. The van der Waals surface area contributed by atoms with Crippen molar-refractivity contribution in [2.75, 3.05) is 22.1 Å². The summed E-state index contributed by atoms with van der Waals surface area (Å²) in [4.78, 5) is 11.1. The highest BCUT2D eigenvalue weighted by Crippen LogP contribution is 2.25. The molecule has 1 atom stereocenters. The Morgan fingerprint density at radius 2 is 2.28 bits per heavy atom. The van der Waals surface area contributed by atoms with E-state index in [9.17, 15) is 4.79 Å². The fourth-order valence-corrected chi connectivity index (χ4v) is 3.20. The number of benzene rings is 1. The van der Waals surface area contributed by atoms with Crippen molar-refractivity contribution in [2.24, 2.45) is 0 Å². The molecule has 0 aliphatic carbocycles. The smallest absolute Gasteiger partial charge is 0.221 e. The topological polar surface area (TPSA) is 41.1 Å². The maximum Gasteiger partial charge on any atom is 0.221 e. The van der Waals surface area contributed by atoms with Gasteiger partial charge in [0.25, 0.3) is 0 Å². The van der Waals surface area contributed by atoms with Crippen molar-refractivity contribution in [2.45, 2.75) is 32.7 Å². The first-order valence-electron chi connectivity index (χ1n) is 6.37. The van der Waals surface area contributed by atoms with E-state index in [4.69, 9.17) is 0 Å². The van der Waals surface area contributed by atoms with E-state index >= 15 is 0 Å². The van der Waals surface area contributed by atoms with Gasteiger partial charge in [-0.15, -0.1) is 0 Å². The van der Waals surface area contributed by atoms with E-state index in [0.29, 0.717) is 6.04 Å². The van der Waals surface area contributed by atoms with Crippen molar-refractivity contribution < 1.29 is 4.79 Å². The van der Waals surface area contributed by atoms with Gasteiger partial charge in [-0.1, -0.05) is 6.07 Å². The number of aryl methyl sites for hydroxylation is 1.